The third kappa shape index (κ3) is 6.33. The summed E-state index contributed by atoms with van der Waals surface area (Å²) in [5.41, 5.74) is 0.265. The minimum atomic E-state index is -0.577. The number of amides is 3. The first-order chi connectivity index (χ1) is 11.8. The van der Waals surface area contributed by atoms with Crippen LogP contribution in [-0.2, 0) is 14.3 Å². The molecule has 0 aromatic heterocycles. The van der Waals surface area contributed by atoms with Gasteiger partial charge in [0.25, 0.3) is 5.91 Å². The third-order valence-electron chi connectivity index (χ3n) is 5.57. The molecule has 6 heteroatoms. The van der Waals surface area contributed by atoms with Gasteiger partial charge in [-0.25, -0.2) is 4.79 Å². The van der Waals surface area contributed by atoms with Crippen LogP contribution in [0.5, 0.6) is 0 Å². The van der Waals surface area contributed by atoms with Gasteiger partial charge in [0.05, 0.1) is 5.92 Å². The van der Waals surface area contributed by atoms with Crippen LogP contribution in [0, 0.1) is 17.3 Å². The molecule has 2 rings (SSSR count). The highest BCUT2D eigenvalue weighted by molar-refractivity contribution is 5.95. The first-order valence-corrected chi connectivity index (χ1v) is 9.52. The van der Waals surface area contributed by atoms with Crippen molar-refractivity contribution in [1.29, 1.82) is 0 Å². The van der Waals surface area contributed by atoms with E-state index in [-0.39, 0.29) is 23.3 Å². The van der Waals surface area contributed by atoms with Crippen LogP contribution in [0.4, 0.5) is 4.79 Å². The topological polar surface area (TPSA) is 84.5 Å². The molecule has 25 heavy (non-hydrogen) atoms. The second-order valence-corrected chi connectivity index (χ2v) is 8.53. The Hall–Kier alpha value is -1.59. The average Bonchev–Trinajstić information content (AvgIpc) is 3.04. The van der Waals surface area contributed by atoms with Gasteiger partial charge in [-0.3, -0.25) is 14.9 Å². The number of urea groups is 1. The van der Waals surface area contributed by atoms with E-state index in [2.05, 4.69) is 31.4 Å². The van der Waals surface area contributed by atoms with Gasteiger partial charge in [-0.1, -0.05) is 33.6 Å². The molecule has 3 amide bonds. The number of esters is 1. The maximum absolute atomic E-state index is 12.1. The van der Waals surface area contributed by atoms with Crippen molar-refractivity contribution in [2.24, 2.45) is 17.3 Å². The van der Waals surface area contributed by atoms with Crippen LogP contribution < -0.4 is 10.6 Å². The summed E-state index contributed by atoms with van der Waals surface area (Å²) in [5.74, 6) is -0.399. The van der Waals surface area contributed by atoms with E-state index in [0.29, 0.717) is 5.92 Å². The van der Waals surface area contributed by atoms with Crippen molar-refractivity contribution in [3.05, 3.63) is 0 Å². The van der Waals surface area contributed by atoms with Gasteiger partial charge >= 0.3 is 12.0 Å². The van der Waals surface area contributed by atoms with E-state index < -0.39 is 18.5 Å². The monoisotopic (exact) mass is 352 g/mol. The van der Waals surface area contributed by atoms with Gasteiger partial charge in [-0.15, -0.1) is 0 Å². The van der Waals surface area contributed by atoms with Crippen LogP contribution in [0.3, 0.4) is 0 Å². The standard InChI is InChI=1S/C19H32N2O4/c1-19(2,3)14-10-8-13(9-11-14)17(23)25-12-16(22)21-18(24)20-15-6-4-5-7-15/h13-15H,4-12H2,1-3H3,(H2,20,21,22,24). The third-order valence-corrected chi connectivity index (χ3v) is 5.57. The lowest BCUT2D eigenvalue weighted by Gasteiger charge is -2.36. The summed E-state index contributed by atoms with van der Waals surface area (Å²) in [5, 5.41) is 4.99. The molecule has 0 bridgehead atoms. The summed E-state index contributed by atoms with van der Waals surface area (Å²) in [4.78, 5) is 35.6. The van der Waals surface area contributed by atoms with Crippen LogP contribution in [0.25, 0.3) is 0 Å². The van der Waals surface area contributed by atoms with E-state index in [0.717, 1.165) is 51.4 Å². The van der Waals surface area contributed by atoms with Gasteiger partial charge < -0.3 is 10.1 Å². The van der Waals surface area contributed by atoms with Crippen LogP contribution in [-0.4, -0.2) is 30.6 Å². The van der Waals surface area contributed by atoms with Crippen LogP contribution in [0.2, 0.25) is 0 Å². The van der Waals surface area contributed by atoms with E-state index in [1.54, 1.807) is 0 Å². The molecule has 0 aliphatic heterocycles. The fourth-order valence-electron chi connectivity index (χ4n) is 3.90. The Morgan fingerprint density at radius 2 is 1.56 bits per heavy atom. The van der Waals surface area contributed by atoms with Crippen molar-refractivity contribution in [2.75, 3.05) is 6.61 Å². The predicted octanol–water partition coefficient (Wildman–Crippen LogP) is 3.15. The van der Waals surface area contributed by atoms with Crippen molar-refractivity contribution in [2.45, 2.75) is 78.2 Å². The minimum Gasteiger partial charge on any atom is -0.455 e. The molecule has 2 fully saturated rings. The van der Waals surface area contributed by atoms with E-state index in [4.69, 9.17) is 4.74 Å². The van der Waals surface area contributed by atoms with Gasteiger partial charge in [0.1, 0.15) is 0 Å². The van der Waals surface area contributed by atoms with Gasteiger partial charge in [-0.05, 0) is 49.9 Å². The molecule has 0 spiro atoms. The number of hydrogen-bond acceptors (Lipinski definition) is 4. The van der Waals surface area contributed by atoms with Crippen molar-refractivity contribution in [1.82, 2.24) is 10.6 Å². The van der Waals surface area contributed by atoms with E-state index >= 15 is 0 Å². The molecule has 2 aliphatic carbocycles. The lowest BCUT2D eigenvalue weighted by Crippen LogP contribution is -2.45. The molecule has 0 aromatic carbocycles. The molecule has 2 N–H and O–H groups in total. The molecule has 0 atom stereocenters. The Morgan fingerprint density at radius 3 is 2.12 bits per heavy atom. The Morgan fingerprint density at radius 1 is 0.960 bits per heavy atom. The number of carbonyl (C=O) groups is 3. The first kappa shape index (κ1) is 19.7. The summed E-state index contributed by atoms with van der Waals surface area (Å²) in [6.45, 7) is 6.31. The molecule has 2 aliphatic rings. The predicted molar refractivity (Wildman–Crippen MR) is 94.8 cm³/mol. The number of ether oxygens (including phenoxy) is 1. The zero-order chi connectivity index (χ0) is 18.4. The molecule has 0 unspecified atom stereocenters. The molecule has 142 valence electrons. The second kappa shape index (κ2) is 8.68. The van der Waals surface area contributed by atoms with E-state index in [9.17, 15) is 14.4 Å². The van der Waals surface area contributed by atoms with Gasteiger partial charge in [-0.2, -0.15) is 0 Å². The van der Waals surface area contributed by atoms with Gasteiger partial charge in [0.2, 0.25) is 0 Å². The quantitative estimate of drug-likeness (QED) is 0.761. The normalized spacial score (nSPS) is 24.6. The Kier molecular flexibility index (Phi) is 6.85. The summed E-state index contributed by atoms with van der Waals surface area (Å²) >= 11 is 0. The number of imide groups is 1. The lowest BCUT2D eigenvalue weighted by molar-refractivity contribution is -0.153. The largest absolute Gasteiger partial charge is 0.455 e. The van der Waals surface area contributed by atoms with Crippen LogP contribution in [0.15, 0.2) is 0 Å². The van der Waals surface area contributed by atoms with Gasteiger partial charge in [0, 0.05) is 6.04 Å². The van der Waals surface area contributed by atoms with Crippen molar-refractivity contribution in [3.8, 4) is 0 Å². The fraction of sp³-hybridized carbons (Fsp3) is 0.842. The number of nitrogens with one attached hydrogen (secondary N) is 2. The van der Waals surface area contributed by atoms with Crippen molar-refractivity contribution < 1.29 is 19.1 Å². The van der Waals surface area contributed by atoms with Gasteiger partial charge in [0.15, 0.2) is 6.61 Å². The molecule has 0 radical (unpaired) electrons. The summed E-state index contributed by atoms with van der Waals surface area (Å²) < 4.78 is 5.10. The Balaban J connectivity index is 1.64. The summed E-state index contributed by atoms with van der Waals surface area (Å²) in [7, 11) is 0. The first-order valence-electron chi connectivity index (χ1n) is 9.52. The van der Waals surface area contributed by atoms with Crippen LogP contribution in [0.1, 0.15) is 72.1 Å². The number of hydrogen-bond donors (Lipinski definition) is 2. The average molecular weight is 352 g/mol. The highest BCUT2D eigenvalue weighted by atomic mass is 16.5. The molecular weight excluding hydrogens is 320 g/mol. The zero-order valence-corrected chi connectivity index (χ0v) is 15.7. The number of carbonyl (C=O) groups excluding carboxylic acids is 3. The maximum Gasteiger partial charge on any atom is 0.321 e. The highest BCUT2D eigenvalue weighted by Gasteiger charge is 2.33. The lowest BCUT2D eigenvalue weighted by atomic mass is 9.70. The molecule has 0 heterocycles. The van der Waals surface area contributed by atoms with Crippen molar-refractivity contribution >= 4 is 17.9 Å². The molecule has 6 nitrogen and oxygen atoms in total. The fourth-order valence-corrected chi connectivity index (χ4v) is 3.90. The zero-order valence-electron chi connectivity index (χ0n) is 15.7. The second-order valence-electron chi connectivity index (χ2n) is 8.53. The summed E-state index contributed by atoms with van der Waals surface area (Å²) in [6, 6.07) is -0.355. The molecular formula is C19H32N2O4. The smallest absolute Gasteiger partial charge is 0.321 e. The van der Waals surface area contributed by atoms with E-state index in [1.165, 1.54) is 0 Å². The SMILES string of the molecule is CC(C)(C)C1CCC(C(=O)OCC(=O)NC(=O)NC2CCCC2)CC1. The maximum atomic E-state index is 12.1. The Labute approximate surface area is 150 Å². The minimum absolute atomic E-state index is 0.126. The molecule has 0 saturated heterocycles. The molecule has 0 aromatic rings. The summed E-state index contributed by atoms with van der Waals surface area (Å²) in [6.07, 6.45) is 7.76. The van der Waals surface area contributed by atoms with E-state index in [1.807, 2.05) is 0 Å². The van der Waals surface area contributed by atoms with Crippen LogP contribution >= 0.6 is 0 Å². The van der Waals surface area contributed by atoms with Crippen molar-refractivity contribution in [3.63, 3.8) is 0 Å². The number of rotatable bonds is 4. The highest BCUT2D eigenvalue weighted by Crippen LogP contribution is 2.40. The molecule has 2 saturated carbocycles. The Bertz CT molecular complexity index is 484.